The molecule has 6 nitrogen and oxygen atoms in total. The standard InChI is InChI=1S/C17H20N4O2/c1-3-12(2)21-16(22)14-6-4-13(5-7-14)10-20-17(23)15-11-18-8-9-19-15/h4-9,11-12H,3,10H2,1-2H3,(H,20,23)(H,21,22)/t12-/m0/s1. The molecule has 0 saturated heterocycles. The summed E-state index contributed by atoms with van der Waals surface area (Å²) in [6, 6.07) is 7.29. The third-order valence-corrected chi connectivity index (χ3v) is 3.45. The number of nitrogens with zero attached hydrogens (tertiary/aromatic N) is 2. The first-order chi connectivity index (χ1) is 11.1. The predicted octanol–water partition coefficient (Wildman–Crippen LogP) is 1.93. The van der Waals surface area contributed by atoms with Crippen LogP contribution in [0.4, 0.5) is 0 Å². The number of nitrogens with one attached hydrogen (secondary N) is 2. The van der Waals surface area contributed by atoms with Crippen molar-refractivity contribution in [3.8, 4) is 0 Å². The second-order valence-electron chi connectivity index (χ2n) is 5.25. The first-order valence-corrected chi connectivity index (χ1v) is 7.54. The Bertz CT molecular complexity index is 656. The molecule has 1 aromatic carbocycles. The SMILES string of the molecule is CC[C@H](C)NC(=O)c1ccc(CNC(=O)c2cnccn2)cc1. The van der Waals surface area contributed by atoms with E-state index in [1.165, 1.54) is 18.6 Å². The Kier molecular flexibility index (Phi) is 5.80. The minimum Gasteiger partial charge on any atom is -0.350 e. The van der Waals surface area contributed by atoms with Crippen LogP contribution in [-0.4, -0.2) is 27.8 Å². The van der Waals surface area contributed by atoms with Crippen LogP contribution in [0.1, 0.15) is 46.7 Å². The van der Waals surface area contributed by atoms with Crippen LogP contribution >= 0.6 is 0 Å². The molecule has 2 rings (SSSR count). The number of rotatable bonds is 6. The van der Waals surface area contributed by atoms with E-state index in [1.807, 2.05) is 26.0 Å². The first-order valence-electron chi connectivity index (χ1n) is 7.54. The second-order valence-corrected chi connectivity index (χ2v) is 5.25. The molecular formula is C17H20N4O2. The van der Waals surface area contributed by atoms with Crippen LogP contribution in [-0.2, 0) is 6.54 Å². The molecule has 1 aromatic heterocycles. The van der Waals surface area contributed by atoms with Crippen molar-refractivity contribution in [2.45, 2.75) is 32.9 Å². The van der Waals surface area contributed by atoms with Crippen LogP contribution < -0.4 is 10.6 Å². The monoisotopic (exact) mass is 312 g/mol. The molecular weight excluding hydrogens is 292 g/mol. The number of amides is 2. The van der Waals surface area contributed by atoms with Gasteiger partial charge < -0.3 is 10.6 Å². The summed E-state index contributed by atoms with van der Waals surface area (Å²) in [5, 5.41) is 5.68. The Morgan fingerprint density at radius 2 is 1.87 bits per heavy atom. The van der Waals surface area contributed by atoms with E-state index in [0.717, 1.165) is 12.0 Å². The summed E-state index contributed by atoms with van der Waals surface area (Å²) >= 11 is 0. The molecule has 0 aliphatic carbocycles. The molecule has 120 valence electrons. The molecule has 0 fully saturated rings. The van der Waals surface area contributed by atoms with Gasteiger partial charge in [-0.1, -0.05) is 19.1 Å². The van der Waals surface area contributed by atoms with Gasteiger partial charge in [0.05, 0.1) is 6.20 Å². The number of hydrogen-bond acceptors (Lipinski definition) is 4. The molecule has 6 heteroatoms. The summed E-state index contributed by atoms with van der Waals surface area (Å²) in [6.45, 7) is 4.35. The van der Waals surface area contributed by atoms with Crippen molar-refractivity contribution in [1.82, 2.24) is 20.6 Å². The Hall–Kier alpha value is -2.76. The number of carbonyl (C=O) groups is 2. The summed E-state index contributed by atoms with van der Waals surface area (Å²) in [5.41, 5.74) is 1.79. The highest BCUT2D eigenvalue weighted by atomic mass is 16.2. The fraction of sp³-hybridized carbons (Fsp3) is 0.294. The summed E-state index contributed by atoms with van der Waals surface area (Å²) in [4.78, 5) is 31.6. The fourth-order valence-corrected chi connectivity index (χ4v) is 1.87. The highest BCUT2D eigenvalue weighted by Gasteiger charge is 2.09. The van der Waals surface area contributed by atoms with E-state index in [1.54, 1.807) is 12.1 Å². The Balaban J connectivity index is 1.90. The van der Waals surface area contributed by atoms with Gasteiger partial charge in [-0.2, -0.15) is 0 Å². The average Bonchev–Trinajstić information content (AvgIpc) is 2.60. The molecule has 0 spiro atoms. The van der Waals surface area contributed by atoms with Crippen molar-refractivity contribution >= 4 is 11.8 Å². The molecule has 0 saturated carbocycles. The van der Waals surface area contributed by atoms with Crippen LogP contribution in [0.2, 0.25) is 0 Å². The molecule has 2 amide bonds. The molecule has 0 bridgehead atoms. The van der Waals surface area contributed by atoms with Crippen LogP contribution in [0.3, 0.4) is 0 Å². The molecule has 1 atom stereocenters. The largest absolute Gasteiger partial charge is 0.350 e. The Morgan fingerprint density at radius 3 is 2.48 bits per heavy atom. The van der Waals surface area contributed by atoms with Gasteiger partial charge in [0.1, 0.15) is 5.69 Å². The van der Waals surface area contributed by atoms with Crippen molar-refractivity contribution in [2.24, 2.45) is 0 Å². The minimum atomic E-state index is -0.281. The van der Waals surface area contributed by atoms with E-state index in [2.05, 4.69) is 20.6 Å². The zero-order chi connectivity index (χ0) is 16.7. The Morgan fingerprint density at radius 1 is 1.13 bits per heavy atom. The van der Waals surface area contributed by atoms with Crippen molar-refractivity contribution < 1.29 is 9.59 Å². The van der Waals surface area contributed by atoms with Crippen LogP contribution in [0.15, 0.2) is 42.9 Å². The third-order valence-electron chi connectivity index (χ3n) is 3.45. The molecule has 1 heterocycles. The smallest absolute Gasteiger partial charge is 0.271 e. The Labute approximate surface area is 135 Å². The maximum absolute atomic E-state index is 12.0. The molecule has 0 radical (unpaired) electrons. The highest BCUT2D eigenvalue weighted by Crippen LogP contribution is 2.05. The minimum absolute atomic E-state index is 0.0884. The zero-order valence-corrected chi connectivity index (χ0v) is 13.2. The van der Waals surface area contributed by atoms with Crippen LogP contribution in [0.5, 0.6) is 0 Å². The molecule has 2 aromatic rings. The lowest BCUT2D eigenvalue weighted by atomic mass is 10.1. The molecule has 23 heavy (non-hydrogen) atoms. The van der Waals surface area contributed by atoms with Crippen molar-refractivity contribution in [3.63, 3.8) is 0 Å². The molecule has 0 unspecified atom stereocenters. The van der Waals surface area contributed by atoms with Crippen LogP contribution in [0, 0.1) is 0 Å². The zero-order valence-electron chi connectivity index (χ0n) is 13.2. The summed E-state index contributed by atoms with van der Waals surface area (Å²) in [7, 11) is 0. The second kappa shape index (κ2) is 8.03. The van der Waals surface area contributed by atoms with E-state index < -0.39 is 0 Å². The number of benzene rings is 1. The third kappa shape index (κ3) is 4.88. The first kappa shape index (κ1) is 16.6. The van der Waals surface area contributed by atoms with Gasteiger partial charge in [0, 0.05) is 30.5 Å². The van der Waals surface area contributed by atoms with E-state index in [0.29, 0.717) is 12.1 Å². The van der Waals surface area contributed by atoms with Gasteiger partial charge >= 0.3 is 0 Å². The van der Waals surface area contributed by atoms with Gasteiger partial charge in [0.15, 0.2) is 0 Å². The number of carbonyl (C=O) groups excluding carboxylic acids is 2. The summed E-state index contributed by atoms with van der Waals surface area (Å²) in [5.74, 6) is -0.369. The fourth-order valence-electron chi connectivity index (χ4n) is 1.87. The summed E-state index contributed by atoms with van der Waals surface area (Å²) < 4.78 is 0. The summed E-state index contributed by atoms with van der Waals surface area (Å²) in [6.07, 6.45) is 5.29. The van der Waals surface area contributed by atoms with E-state index in [9.17, 15) is 9.59 Å². The van der Waals surface area contributed by atoms with E-state index in [4.69, 9.17) is 0 Å². The number of hydrogen-bond donors (Lipinski definition) is 2. The maximum atomic E-state index is 12.0. The van der Waals surface area contributed by atoms with Gasteiger partial charge in [-0.15, -0.1) is 0 Å². The van der Waals surface area contributed by atoms with Crippen molar-refractivity contribution in [1.29, 1.82) is 0 Å². The lowest BCUT2D eigenvalue weighted by Crippen LogP contribution is -2.31. The topological polar surface area (TPSA) is 84.0 Å². The molecule has 0 aliphatic heterocycles. The van der Waals surface area contributed by atoms with E-state index >= 15 is 0 Å². The molecule has 0 aliphatic rings. The van der Waals surface area contributed by atoms with Crippen molar-refractivity contribution in [3.05, 3.63) is 59.7 Å². The van der Waals surface area contributed by atoms with Gasteiger partial charge in [-0.05, 0) is 31.0 Å². The van der Waals surface area contributed by atoms with Gasteiger partial charge in [-0.25, -0.2) is 4.98 Å². The van der Waals surface area contributed by atoms with Gasteiger partial charge in [-0.3, -0.25) is 14.6 Å². The van der Waals surface area contributed by atoms with E-state index in [-0.39, 0.29) is 23.6 Å². The lowest BCUT2D eigenvalue weighted by molar-refractivity contribution is 0.0932. The lowest BCUT2D eigenvalue weighted by Gasteiger charge is -2.11. The quantitative estimate of drug-likeness (QED) is 0.853. The molecule has 2 N–H and O–H groups in total. The van der Waals surface area contributed by atoms with Crippen molar-refractivity contribution in [2.75, 3.05) is 0 Å². The number of aromatic nitrogens is 2. The maximum Gasteiger partial charge on any atom is 0.271 e. The highest BCUT2D eigenvalue weighted by molar-refractivity contribution is 5.94. The van der Waals surface area contributed by atoms with Gasteiger partial charge in [0.2, 0.25) is 0 Å². The van der Waals surface area contributed by atoms with Crippen LogP contribution in [0.25, 0.3) is 0 Å². The predicted molar refractivity (Wildman–Crippen MR) is 86.9 cm³/mol. The normalized spacial score (nSPS) is 11.6. The average molecular weight is 312 g/mol. The van der Waals surface area contributed by atoms with Gasteiger partial charge in [0.25, 0.3) is 11.8 Å².